The normalized spacial score (nSPS) is 17.7. The summed E-state index contributed by atoms with van der Waals surface area (Å²) in [6, 6.07) is 85.0. The highest BCUT2D eigenvalue weighted by molar-refractivity contribution is 5.91. The molecule has 1 spiro atoms. The van der Waals surface area contributed by atoms with Crippen molar-refractivity contribution in [3.8, 4) is 56.4 Å². The van der Waals surface area contributed by atoms with Crippen molar-refractivity contribution >= 4 is 22.7 Å². The van der Waals surface area contributed by atoms with E-state index in [0.717, 1.165) is 73.6 Å². The molecule has 0 saturated heterocycles. The predicted octanol–water partition coefficient (Wildman–Crippen LogP) is 15.9. The molecule has 0 bridgehead atoms. The molecule has 0 radical (unpaired) electrons. The monoisotopic (exact) mass is 873 g/mol. The van der Waals surface area contributed by atoms with Crippen LogP contribution in [0.15, 0.2) is 237 Å². The Hall–Kier alpha value is -8.64. The number of nitrogens with one attached hydrogen (secondary N) is 2. The van der Waals surface area contributed by atoms with Crippen molar-refractivity contribution in [1.82, 2.24) is 5.32 Å². The van der Waals surface area contributed by atoms with Gasteiger partial charge in [-0.3, -0.25) is 5.32 Å². The number of hydrogen-bond donors (Lipinski definition) is 2. The fourth-order valence-electron chi connectivity index (χ4n) is 11.4. The lowest BCUT2D eigenvalue weighted by Gasteiger charge is -2.39. The van der Waals surface area contributed by atoms with Crippen LogP contribution in [0.1, 0.15) is 51.2 Å². The molecule has 0 saturated carbocycles. The van der Waals surface area contributed by atoms with Crippen molar-refractivity contribution in [3.05, 3.63) is 276 Å². The molecule has 0 fully saturated rings. The summed E-state index contributed by atoms with van der Waals surface area (Å²) in [4.78, 5) is 2.29. The minimum atomic E-state index is -0.561. The van der Waals surface area contributed by atoms with Gasteiger partial charge in [0.05, 0.1) is 22.8 Å². The summed E-state index contributed by atoms with van der Waals surface area (Å²) in [5.74, 6) is 3.47. The van der Waals surface area contributed by atoms with E-state index in [0.29, 0.717) is 0 Å². The Morgan fingerprint density at radius 1 is 0.382 bits per heavy atom. The van der Waals surface area contributed by atoms with Gasteiger partial charge < -0.3 is 19.7 Å². The van der Waals surface area contributed by atoms with Crippen molar-refractivity contribution in [2.45, 2.75) is 17.6 Å². The molecule has 2 N–H and O–H groups in total. The van der Waals surface area contributed by atoms with Crippen molar-refractivity contribution in [2.24, 2.45) is 0 Å². The molecule has 14 rings (SSSR count). The van der Waals surface area contributed by atoms with Crippen LogP contribution in [0.4, 0.5) is 22.7 Å². The molecule has 3 heterocycles. The van der Waals surface area contributed by atoms with Crippen LogP contribution in [0.5, 0.6) is 23.0 Å². The molecule has 3 unspecified atom stereocenters. The van der Waals surface area contributed by atoms with E-state index in [1.807, 2.05) is 24.3 Å². The zero-order valence-corrected chi connectivity index (χ0v) is 36.9. The second kappa shape index (κ2) is 15.2. The minimum Gasteiger partial charge on any atom is -0.457 e. The van der Waals surface area contributed by atoms with Crippen molar-refractivity contribution in [3.63, 3.8) is 0 Å². The number of anilines is 4. The van der Waals surface area contributed by atoms with E-state index in [4.69, 9.17) is 9.47 Å². The van der Waals surface area contributed by atoms with Crippen LogP contribution in [0.25, 0.3) is 33.4 Å². The third kappa shape index (κ3) is 5.86. The van der Waals surface area contributed by atoms with Crippen LogP contribution in [-0.2, 0) is 5.41 Å². The number of nitrogens with zero attached hydrogens (tertiary/aromatic N) is 1. The minimum absolute atomic E-state index is 0.0287. The van der Waals surface area contributed by atoms with Gasteiger partial charge in [-0.2, -0.15) is 0 Å². The summed E-state index contributed by atoms with van der Waals surface area (Å²) in [7, 11) is 0. The fraction of sp³-hybridized carbons (Fsp3) is 0.0476. The molecule has 0 aromatic heterocycles. The van der Waals surface area contributed by atoms with E-state index in [2.05, 4.69) is 228 Å². The van der Waals surface area contributed by atoms with E-state index in [-0.39, 0.29) is 12.2 Å². The van der Waals surface area contributed by atoms with Gasteiger partial charge in [0.15, 0.2) is 11.5 Å². The highest BCUT2D eigenvalue weighted by atomic mass is 16.5. The van der Waals surface area contributed by atoms with E-state index in [1.165, 1.54) is 44.5 Å². The lowest BCUT2D eigenvalue weighted by molar-refractivity contribution is 0.436. The maximum absolute atomic E-state index is 6.84. The first-order valence-electron chi connectivity index (χ1n) is 23.4. The van der Waals surface area contributed by atoms with Crippen LogP contribution >= 0.6 is 0 Å². The number of para-hydroxylation sites is 6. The van der Waals surface area contributed by atoms with Crippen LogP contribution in [0, 0.1) is 0 Å². The molecule has 5 nitrogen and oxygen atoms in total. The van der Waals surface area contributed by atoms with E-state index >= 15 is 0 Å². The zero-order valence-electron chi connectivity index (χ0n) is 36.9. The Morgan fingerprint density at radius 2 is 0.941 bits per heavy atom. The summed E-state index contributed by atoms with van der Waals surface area (Å²) in [6.45, 7) is 0. The summed E-state index contributed by atoms with van der Waals surface area (Å²) >= 11 is 0. The maximum Gasteiger partial charge on any atom is 0.151 e. The van der Waals surface area contributed by atoms with Gasteiger partial charge in [-0.05, 0) is 122 Å². The first-order chi connectivity index (χ1) is 33.7. The molecule has 68 heavy (non-hydrogen) atoms. The summed E-state index contributed by atoms with van der Waals surface area (Å²) in [5.41, 5.74) is 19.3. The molecule has 5 heteroatoms. The first-order valence-corrected chi connectivity index (χ1v) is 23.4. The Morgan fingerprint density at radius 3 is 1.74 bits per heavy atom. The molecule has 322 valence electrons. The number of hydrogen-bond acceptors (Lipinski definition) is 5. The fourth-order valence-corrected chi connectivity index (χ4v) is 11.4. The second-order valence-electron chi connectivity index (χ2n) is 18.1. The summed E-state index contributed by atoms with van der Waals surface area (Å²) < 4.78 is 13.1. The first kappa shape index (κ1) is 38.6. The largest absolute Gasteiger partial charge is 0.457 e. The predicted molar refractivity (Wildman–Crippen MR) is 274 cm³/mol. The second-order valence-corrected chi connectivity index (χ2v) is 18.1. The van der Waals surface area contributed by atoms with Crippen molar-refractivity contribution in [2.75, 3.05) is 10.2 Å². The van der Waals surface area contributed by atoms with E-state index in [1.54, 1.807) is 0 Å². The molecular weight excluding hydrogens is 831 g/mol. The molecule has 3 aliphatic heterocycles. The smallest absolute Gasteiger partial charge is 0.151 e. The Bertz CT molecular complexity index is 3560. The highest BCUT2D eigenvalue weighted by Gasteiger charge is 2.51. The van der Waals surface area contributed by atoms with Gasteiger partial charge in [-0.1, -0.05) is 176 Å². The van der Waals surface area contributed by atoms with Gasteiger partial charge in [0.1, 0.15) is 17.7 Å². The van der Waals surface area contributed by atoms with E-state index in [9.17, 15) is 0 Å². The lowest BCUT2D eigenvalue weighted by Crippen LogP contribution is -2.37. The molecule has 1 aliphatic carbocycles. The standard InChI is InChI=1S/C63H43N3O2/c1-2-14-40(15-3-1)45-33-37-52-60(39-45)67-57-23-11-7-19-51(57)63(52)50-18-6-4-16-47(50)48-36-32-44(38-53(48)63)41-26-28-43(29-27-41)62-64-54-20-8-5-17-49(54)61(65-62)42-30-34-46(35-31-42)66-55-21-9-12-24-58(55)68-59-25-13-10-22-56(59)66/h1-39,61-62,64-65H. The zero-order chi connectivity index (χ0) is 44.8. The molecule has 10 aromatic carbocycles. The van der Waals surface area contributed by atoms with Gasteiger partial charge in [0.25, 0.3) is 0 Å². The quantitative estimate of drug-likeness (QED) is 0.180. The van der Waals surface area contributed by atoms with Gasteiger partial charge in [0, 0.05) is 22.5 Å². The number of ether oxygens (including phenoxy) is 2. The SMILES string of the molecule is c1ccc(-c2ccc3c(c2)Oc2ccccc2C32c3ccccc3-c3ccc(-c4ccc(C5Nc6ccccc6C(c6ccc(N7c8ccccc8Oc8ccccc87)cc6)N5)cc4)cc32)cc1. The molecule has 3 atom stereocenters. The topological polar surface area (TPSA) is 45.8 Å². The Kier molecular flexibility index (Phi) is 8.64. The number of benzene rings is 10. The summed E-state index contributed by atoms with van der Waals surface area (Å²) in [6.07, 6.45) is -0.115. The van der Waals surface area contributed by atoms with Crippen molar-refractivity contribution in [1.29, 1.82) is 0 Å². The third-order valence-corrected chi connectivity index (χ3v) is 14.4. The molecule has 0 amide bonds. The van der Waals surface area contributed by atoms with Gasteiger partial charge >= 0.3 is 0 Å². The van der Waals surface area contributed by atoms with Crippen LogP contribution in [-0.4, -0.2) is 0 Å². The summed E-state index contributed by atoms with van der Waals surface area (Å²) in [5, 5.41) is 7.82. The van der Waals surface area contributed by atoms with Crippen LogP contribution in [0.3, 0.4) is 0 Å². The van der Waals surface area contributed by atoms with Crippen LogP contribution < -0.4 is 25.0 Å². The lowest BCUT2D eigenvalue weighted by atomic mass is 9.65. The molecular formula is C63H43N3O2. The average molecular weight is 874 g/mol. The Labute approximate surface area is 395 Å². The van der Waals surface area contributed by atoms with Crippen LogP contribution in [0.2, 0.25) is 0 Å². The highest BCUT2D eigenvalue weighted by Crippen LogP contribution is 2.63. The molecule has 10 aromatic rings. The Balaban J connectivity index is 0.810. The average Bonchev–Trinajstić information content (AvgIpc) is 3.70. The number of rotatable bonds is 5. The van der Waals surface area contributed by atoms with E-state index < -0.39 is 5.41 Å². The maximum atomic E-state index is 6.84. The van der Waals surface area contributed by atoms with Crippen molar-refractivity contribution < 1.29 is 9.47 Å². The van der Waals surface area contributed by atoms with Gasteiger partial charge in [-0.25, -0.2) is 0 Å². The van der Waals surface area contributed by atoms with Gasteiger partial charge in [-0.15, -0.1) is 0 Å². The number of fused-ring (bicyclic) bond motifs is 12. The molecule has 4 aliphatic rings. The third-order valence-electron chi connectivity index (χ3n) is 14.4. The van der Waals surface area contributed by atoms with Gasteiger partial charge in [0.2, 0.25) is 0 Å².